The summed E-state index contributed by atoms with van der Waals surface area (Å²) in [6.07, 6.45) is 3.10. The van der Waals surface area contributed by atoms with Crippen molar-refractivity contribution in [2.45, 2.75) is 59.7 Å². The van der Waals surface area contributed by atoms with Crippen LogP contribution in [0.5, 0.6) is 0 Å². The molecule has 3 N–H and O–H groups in total. The zero-order valence-corrected chi connectivity index (χ0v) is 28.4. The number of morpholine rings is 1. The number of hydrogen-bond donors (Lipinski definition) is 3. The lowest BCUT2D eigenvalue weighted by Gasteiger charge is -2.29. The normalized spacial score (nSPS) is 18.4. The van der Waals surface area contributed by atoms with Crippen molar-refractivity contribution in [3.63, 3.8) is 0 Å². The summed E-state index contributed by atoms with van der Waals surface area (Å²) in [5.41, 5.74) is -6.30. The summed E-state index contributed by atoms with van der Waals surface area (Å²) in [6, 6.07) is 1.61. The highest BCUT2D eigenvalue weighted by atomic mass is 32.2. The monoisotopic (exact) mass is 756 g/mol. The molecule has 1 fully saturated rings. The molecule has 3 aliphatic rings. The predicted molar refractivity (Wildman–Crippen MR) is 171 cm³/mol. The minimum Gasteiger partial charge on any atom is -0.380 e. The van der Waals surface area contributed by atoms with Gasteiger partial charge in [-0.25, -0.2) is 26.8 Å². The van der Waals surface area contributed by atoms with E-state index in [9.17, 15) is 43.2 Å². The number of sulfonamides is 1. The number of benzene rings is 1. The molecule has 49 heavy (non-hydrogen) atoms. The Bertz CT molecular complexity index is 1800. The fourth-order valence-electron chi connectivity index (χ4n) is 5.37. The highest BCUT2D eigenvalue weighted by molar-refractivity contribution is 8.03. The van der Waals surface area contributed by atoms with Gasteiger partial charge in [-0.2, -0.15) is 26.3 Å². The lowest BCUT2D eigenvalue weighted by molar-refractivity contribution is -0.145. The third kappa shape index (κ3) is 9.26. The fourth-order valence-corrected chi connectivity index (χ4v) is 8.52. The van der Waals surface area contributed by atoms with Crippen molar-refractivity contribution in [1.82, 2.24) is 20.2 Å². The fraction of sp³-hybridized carbons (Fsp3) is 0.517. The van der Waals surface area contributed by atoms with E-state index in [1.165, 1.54) is 11.8 Å². The smallest absolute Gasteiger partial charge is 0.380 e. The first-order chi connectivity index (χ1) is 23.0. The highest BCUT2D eigenvalue weighted by Crippen LogP contribution is 2.38. The molecule has 0 radical (unpaired) electrons. The van der Waals surface area contributed by atoms with Gasteiger partial charge in [-0.15, -0.1) is 11.8 Å². The van der Waals surface area contributed by atoms with E-state index >= 15 is 0 Å². The maximum absolute atomic E-state index is 14.0. The minimum absolute atomic E-state index is 0.0540. The molecule has 1 aliphatic carbocycles. The Labute approximate surface area is 283 Å². The van der Waals surface area contributed by atoms with Crippen LogP contribution in [0, 0.1) is 0 Å². The first-order valence-electron chi connectivity index (χ1n) is 15.3. The van der Waals surface area contributed by atoms with Crippen LogP contribution >= 0.6 is 11.8 Å². The Balaban J connectivity index is 1.49. The lowest BCUT2D eigenvalue weighted by atomic mass is 10.1. The second-order valence-corrected chi connectivity index (χ2v) is 16.1. The molecule has 0 bridgehead atoms. The number of aromatic nitrogens is 2. The number of sulfone groups is 1. The highest BCUT2D eigenvalue weighted by Gasteiger charge is 2.48. The van der Waals surface area contributed by atoms with Gasteiger partial charge in [0.25, 0.3) is 19.9 Å². The van der Waals surface area contributed by atoms with Crippen molar-refractivity contribution in [2.24, 2.45) is 0 Å². The molecule has 1 aromatic carbocycles. The number of alkyl halides is 6. The number of allylic oxidation sites excluding steroid dienone is 3. The first-order valence-corrected chi connectivity index (χ1v) is 19.2. The van der Waals surface area contributed by atoms with E-state index in [2.05, 4.69) is 25.5 Å². The third-order valence-corrected chi connectivity index (χ3v) is 12.0. The summed E-state index contributed by atoms with van der Waals surface area (Å²) in [5.74, 6) is -1.97. The molecule has 0 spiro atoms. The van der Waals surface area contributed by atoms with Gasteiger partial charge in [0.05, 0.1) is 29.5 Å². The SMILES string of the molecule is O=S(=O)(Nc1nc(C(F)(F)F)nc2c1CCNC2)c1ccc(N[C@H](CCN2CCOCC2)CSC2=CCCC=C2)c(S(=O)(=O)C(F)(F)F)c1. The number of thioether (sulfide) groups is 1. The van der Waals surface area contributed by atoms with E-state index in [4.69, 9.17) is 4.74 Å². The van der Waals surface area contributed by atoms with E-state index in [0.29, 0.717) is 51.1 Å². The Hall–Kier alpha value is -2.91. The maximum Gasteiger partial charge on any atom is 0.501 e. The average Bonchev–Trinajstić information content (AvgIpc) is 3.05. The molecule has 1 saturated heterocycles. The van der Waals surface area contributed by atoms with Crippen LogP contribution in [0.2, 0.25) is 0 Å². The number of nitrogens with one attached hydrogen (secondary N) is 3. The molecule has 2 aromatic rings. The van der Waals surface area contributed by atoms with Gasteiger partial charge in [0.2, 0.25) is 5.82 Å². The molecule has 270 valence electrons. The summed E-state index contributed by atoms with van der Waals surface area (Å²) in [6.45, 7) is 3.04. The van der Waals surface area contributed by atoms with E-state index in [-0.39, 0.29) is 30.8 Å². The van der Waals surface area contributed by atoms with Crippen LogP contribution in [-0.2, 0) is 43.7 Å². The van der Waals surface area contributed by atoms with Crippen LogP contribution in [0.4, 0.5) is 37.8 Å². The zero-order chi connectivity index (χ0) is 35.5. The molecular weight excluding hydrogens is 723 g/mol. The van der Waals surface area contributed by atoms with Gasteiger partial charge in [-0.1, -0.05) is 18.2 Å². The molecule has 1 aromatic heterocycles. The molecule has 2 aliphatic heterocycles. The second kappa shape index (κ2) is 15.1. The van der Waals surface area contributed by atoms with Crippen molar-refractivity contribution >= 4 is 43.1 Å². The molecule has 11 nitrogen and oxygen atoms in total. The maximum atomic E-state index is 14.0. The van der Waals surface area contributed by atoms with Gasteiger partial charge in [0.15, 0.2) is 0 Å². The molecule has 0 amide bonds. The van der Waals surface area contributed by atoms with Crippen LogP contribution in [0.3, 0.4) is 0 Å². The summed E-state index contributed by atoms with van der Waals surface area (Å²) in [4.78, 5) is 7.66. The lowest BCUT2D eigenvalue weighted by Crippen LogP contribution is -2.39. The van der Waals surface area contributed by atoms with Crippen molar-refractivity contribution in [3.8, 4) is 0 Å². The summed E-state index contributed by atoms with van der Waals surface area (Å²) < 4.78 is 143. The van der Waals surface area contributed by atoms with Gasteiger partial charge in [0, 0.05) is 48.4 Å². The minimum atomic E-state index is -6.11. The molecule has 0 unspecified atom stereocenters. The van der Waals surface area contributed by atoms with Crippen LogP contribution in [-0.4, -0.2) is 88.4 Å². The van der Waals surface area contributed by atoms with Crippen LogP contribution < -0.4 is 15.4 Å². The van der Waals surface area contributed by atoms with Crippen molar-refractivity contribution in [2.75, 3.05) is 55.2 Å². The van der Waals surface area contributed by atoms with Gasteiger partial charge in [0.1, 0.15) is 10.7 Å². The second-order valence-electron chi connectivity index (χ2n) is 11.4. The molecule has 1 atom stereocenters. The Kier molecular flexibility index (Phi) is 11.5. The van der Waals surface area contributed by atoms with Gasteiger partial charge < -0.3 is 15.4 Å². The molecule has 0 saturated carbocycles. The predicted octanol–water partition coefficient (Wildman–Crippen LogP) is 4.71. The number of nitrogens with zero attached hydrogens (tertiary/aromatic N) is 3. The van der Waals surface area contributed by atoms with Crippen LogP contribution in [0.25, 0.3) is 0 Å². The summed E-state index contributed by atoms with van der Waals surface area (Å²) >= 11 is 1.45. The molecule has 5 rings (SSSR count). The number of ether oxygens (including phenoxy) is 1. The van der Waals surface area contributed by atoms with Gasteiger partial charge >= 0.3 is 11.7 Å². The van der Waals surface area contributed by atoms with E-state index in [1.54, 1.807) is 0 Å². The van der Waals surface area contributed by atoms with E-state index < -0.39 is 64.7 Å². The number of fused-ring (bicyclic) bond motifs is 1. The Morgan fingerprint density at radius 2 is 1.80 bits per heavy atom. The van der Waals surface area contributed by atoms with Crippen molar-refractivity contribution in [3.05, 3.63) is 58.4 Å². The van der Waals surface area contributed by atoms with Gasteiger partial charge in [-0.05, 0) is 50.4 Å². The summed E-state index contributed by atoms with van der Waals surface area (Å²) in [5, 5.41) is 5.75. The summed E-state index contributed by atoms with van der Waals surface area (Å²) in [7, 11) is -11.1. The van der Waals surface area contributed by atoms with Gasteiger partial charge in [-0.3, -0.25) is 9.62 Å². The van der Waals surface area contributed by atoms with E-state index in [1.807, 2.05) is 23.0 Å². The molecule has 3 heterocycles. The number of hydrogen-bond acceptors (Lipinski definition) is 11. The van der Waals surface area contributed by atoms with E-state index in [0.717, 1.165) is 29.9 Å². The Morgan fingerprint density at radius 3 is 2.47 bits per heavy atom. The van der Waals surface area contributed by atoms with Crippen molar-refractivity contribution in [1.29, 1.82) is 0 Å². The van der Waals surface area contributed by atoms with Crippen LogP contribution in [0.15, 0.2) is 51.1 Å². The topological polar surface area (TPSA) is 143 Å². The Morgan fingerprint density at radius 1 is 1.04 bits per heavy atom. The first kappa shape index (κ1) is 37.3. The quantitative estimate of drug-likeness (QED) is 0.260. The standard InChI is InChI=1S/C29H34F6N6O5S3/c30-28(31,32)27-38-24-17-36-10-8-22(24)26(39-27)40-49(44,45)21-6-7-23(25(16-21)48(42,43)29(33,34)35)37-19(9-11-41-12-14-46-15-13-41)18-47-20-4-2-1-3-5-20/h2,4-7,16,19,36-37H,1,3,8-15,17-18H2,(H,38,39,40)/t19-/m1/s1. The van der Waals surface area contributed by atoms with Crippen molar-refractivity contribution < 1.29 is 47.9 Å². The molecular formula is C29H34F6N6O5S3. The average molecular weight is 757 g/mol. The largest absolute Gasteiger partial charge is 0.501 e. The number of rotatable bonds is 12. The van der Waals surface area contributed by atoms with Crippen LogP contribution in [0.1, 0.15) is 36.3 Å². The zero-order valence-electron chi connectivity index (χ0n) is 25.9. The number of anilines is 2. The third-order valence-electron chi connectivity index (χ3n) is 7.95. The molecule has 20 heteroatoms. The number of halogens is 6.